The molecule has 0 saturated heterocycles. The van der Waals surface area contributed by atoms with Gasteiger partial charge in [0.15, 0.2) is 12.0 Å². The van der Waals surface area contributed by atoms with Crippen molar-refractivity contribution in [3.8, 4) is 0 Å². The minimum absolute atomic E-state index is 0.0481. The molecule has 0 aliphatic carbocycles. The minimum Gasteiger partial charge on any atom is -0.307 e. The van der Waals surface area contributed by atoms with Gasteiger partial charge in [-0.15, -0.1) is 6.58 Å². The molecule has 1 N–H and O–H groups in total. The van der Waals surface area contributed by atoms with Crippen LogP contribution in [0.2, 0.25) is 0 Å². The normalized spacial score (nSPS) is 22.2. The molecule has 0 spiro atoms. The highest BCUT2D eigenvalue weighted by atomic mass is 16.1. The highest BCUT2D eigenvalue weighted by molar-refractivity contribution is 5.78. The first-order chi connectivity index (χ1) is 10.6. The zero-order valence-corrected chi connectivity index (χ0v) is 14.7. The highest BCUT2D eigenvalue weighted by Gasteiger charge is 2.41. The van der Waals surface area contributed by atoms with Crippen LogP contribution in [-0.2, 0) is 4.79 Å². The fourth-order valence-corrected chi connectivity index (χ4v) is 3.48. The lowest BCUT2D eigenvalue weighted by Crippen LogP contribution is -2.62. The summed E-state index contributed by atoms with van der Waals surface area (Å²) in [5.41, 5.74) is 0. The summed E-state index contributed by atoms with van der Waals surface area (Å²) in [7, 11) is 0. The van der Waals surface area contributed by atoms with Crippen LogP contribution in [0.15, 0.2) is 17.6 Å². The molecule has 0 bridgehead atoms. The van der Waals surface area contributed by atoms with E-state index in [1.54, 1.807) is 6.92 Å². The van der Waals surface area contributed by atoms with Crippen molar-refractivity contribution in [1.82, 2.24) is 5.32 Å². The lowest BCUT2D eigenvalue weighted by Gasteiger charge is -2.39. The first-order valence-electron chi connectivity index (χ1n) is 8.85. The molecule has 0 aromatic carbocycles. The van der Waals surface area contributed by atoms with Gasteiger partial charge >= 0.3 is 0 Å². The summed E-state index contributed by atoms with van der Waals surface area (Å²) in [4.78, 5) is 16.2. The average molecular weight is 308 g/mol. The number of rotatable bonds is 11. The van der Waals surface area contributed by atoms with Gasteiger partial charge in [0.05, 0.1) is 13.1 Å². The van der Waals surface area contributed by atoms with Gasteiger partial charge in [0.2, 0.25) is 5.91 Å². The molecular formula is C18H34N3O+. The third-order valence-corrected chi connectivity index (χ3v) is 4.83. The second-order valence-corrected chi connectivity index (χ2v) is 6.34. The first-order valence-corrected chi connectivity index (χ1v) is 8.85. The molecule has 1 amide bonds. The molecule has 126 valence electrons. The van der Waals surface area contributed by atoms with Crippen LogP contribution in [-0.4, -0.2) is 42.0 Å². The number of allylic oxidation sites excluding steroid dienone is 1. The Labute approximate surface area is 136 Å². The van der Waals surface area contributed by atoms with Crippen LogP contribution >= 0.6 is 0 Å². The highest BCUT2D eigenvalue weighted by Crippen LogP contribution is 2.23. The SMILES string of the molecule is C=CCCCCCCCC1=NCC[N+]1(CC)C(C)NC(C)=O. The van der Waals surface area contributed by atoms with Gasteiger partial charge in [-0.1, -0.05) is 25.3 Å². The second-order valence-electron chi connectivity index (χ2n) is 6.34. The van der Waals surface area contributed by atoms with Gasteiger partial charge in [0.1, 0.15) is 6.54 Å². The molecular weight excluding hydrogens is 274 g/mol. The van der Waals surface area contributed by atoms with E-state index in [0.717, 1.165) is 37.0 Å². The predicted octanol–water partition coefficient (Wildman–Crippen LogP) is 3.63. The van der Waals surface area contributed by atoms with Crippen LogP contribution in [0.3, 0.4) is 0 Å². The fraction of sp³-hybridized carbons (Fsp3) is 0.778. The number of likely N-dealkylation sites (N-methyl/N-ethyl adjacent to an activating group) is 1. The molecule has 0 saturated carbocycles. The van der Waals surface area contributed by atoms with Crippen molar-refractivity contribution in [3.05, 3.63) is 12.7 Å². The van der Waals surface area contributed by atoms with Crippen LogP contribution in [0.1, 0.15) is 65.7 Å². The van der Waals surface area contributed by atoms with Crippen molar-refractivity contribution in [2.45, 2.75) is 71.9 Å². The van der Waals surface area contributed by atoms with Crippen LogP contribution < -0.4 is 5.32 Å². The van der Waals surface area contributed by atoms with E-state index >= 15 is 0 Å². The Hall–Kier alpha value is -1.16. The van der Waals surface area contributed by atoms with E-state index in [1.165, 1.54) is 37.9 Å². The lowest BCUT2D eigenvalue weighted by molar-refractivity contribution is -0.861. The van der Waals surface area contributed by atoms with Gasteiger partial charge in [0, 0.05) is 20.3 Å². The fourth-order valence-electron chi connectivity index (χ4n) is 3.48. The minimum atomic E-state index is 0.0481. The maximum absolute atomic E-state index is 11.4. The maximum Gasteiger partial charge on any atom is 0.221 e. The standard InChI is InChI=1S/C18H33N3O/c1-5-7-8-9-10-11-12-13-18-19-14-15-21(18,6-2)16(3)20-17(4)22/h5,16H,1,6-15H2,2-4H3/p+1. The van der Waals surface area contributed by atoms with Crippen molar-refractivity contribution in [3.63, 3.8) is 0 Å². The summed E-state index contributed by atoms with van der Waals surface area (Å²) in [5, 5.41) is 3.07. The number of quaternary nitrogens is 1. The zero-order valence-electron chi connectivity index (χ0n) is 14.7. The zero-order chi connectivity index (χ0) is 16.4. The third-order valence-electron chi connectivity index (χ3n) is 4.83. The Bertz CT molecular complexity index is 392. The molecule has 0 aromatic heterocycles. The summed E-state index contributed by atoms with van der Waals surface area (Å²) in [6.07, 6.45) is 10.7. The van der Waals surface area contributed by atoms with Gasteiger partial charge in [-0.3, -0.25) is 9.28 Å². The molecule has 1 aliphatic rings. The van der Waals surface area contributed by atoms with Crippen molar-refractivity contribution >= 4 is 11.7 Å². The summed E-state index contributed by atoms with van der Waals surface area (Å²) in [6.45, 7) is 12.6. The molecule has 0 aromatic rings. The van der Waals surface area contributed by atoms with Crippen molar-refractivity contribution < 1.29 is 9.28 Å². The van der Waals surface area contributed by atoms with E-state index in [-0.39, 0.29) is 12.1 Å². The van der Waals surface area contributed by atoms with Gasteiger partial charge in [-0.05, 0) is 26.2 Å². The summed E-state index contributed by atoms with van der Waals surface area (Å²) in [5.74, 6) is 1.33. The first kappa shape index (κ1) is 18.9. The number of hydrogen-bond donors (Lipinski definition) is 1. The van der Waals surface area contributed by atoms with Crippen LogP contribution in [0.5, 0.6) is 0 Å². The Balaban J connectivity index is 2.43. The largest absolute Gasteiger partial charge is 0.307 e. The monoisotopic (exact) mass is 308 g/mol. The van der Waals surface area contributed by atoms with E-state index in [9.17, 15) is 4.79 Å². The molecule has 1 heterocycles. The molecule has 2 atom stereocenters. The Morgan fingerprint density at radius 1 is 1.36 bits per heavy atom. The van der Waals surface area contributed by atoms with Crippen LogP contribution in [0.25, 0.3) is 0 Å². The van der Waals surface area contributed by atoms with Crippen molar-refractivity contribution in [1.29, 1.82) is 0 Å². The number of nitrogens with zero attached hydrogens (tertiary/aromatic N) is 2. The average Bonchev–Trinajstić information content (AvgIpc) is 2.90. The Kier molecular flexibility index (Phi) is 8.39. The number of carbonyl (C=O) groups is 1. The lowest BCUT2D eigenvalue weighted by atomic mass is 10.1. The molecule has 4 heteroatoms. The maximum atomic E-state index is 11.4. The summed E-state index contributed by atoms with van der Waals surface area (Å²) in [6, 6.07) is 0. The molecule has 2 unspecified atom stereocenters. The number of nitrogens with one attached hydrogen (secondary N) is 1. The number of hydrogen-bond acceptors (Lipinski definition) is 2. The number of carbonyl (C=O) groups excluding carboxylic acids is 1. The summed E-state index contributed by atoms with van der Waals surface area (Å²) < 4.78 is 0.843. The third kappa shape index (κ3) is 5.24. The molecule has 0 fully saturated rings. The Morgan fingerprint density at radius 3 is 2.68 bits per heavy atom. The van der Waals surface area contributed by atoms with Gasteiger partial charge in [-0.2, -0.15) is 0 Å². The topological polar surface area (TPSA) is 41.5 Å². The smallest absolute Gasteiger partial charge is 0.221 e. The number of amides is 1. The number of unbranched alkanes of at least 4 members (excludes halogenated alkanes) is 5. The molecule has 1 aliphatic heterocycles. The van der Waals surface area contributed by atoms with Gasteiger partial charge in [-0.25, -0.2) is 4.99 Å². The number of aliphatic imine (C=N–C) groups is 1. The van der Waals surface area contributed by atoms with E-state index < -0.39 is 0 Å². The van der Waals surface area contributed by atoms with E-state index in [4.69, 9.17) is 4.99 Å². The second kappa shape index (κ2) is 9.78. The molecule has 0 radical (unpaired) electrons. The van der Waals surface area contributed by atoms with Crippen LogP contribution in [0, 0.1) is 0 Å². The van der Waals surface area contributed by atoms with Crippen LogP contribution in [0.4, 0.5) is 0 Å². The van der Waals surface area contributed by atoms with Gasteiger partial charge in [0.25, 0.3) is 0 Å². The van der Waals surface area contributed by atoms with E-state index in [2.05, 4.69) is 25.7 Å². The quantitative estimate of drug-likeness (QED) is 0.353. The van der Waals surface area contributed by atoms with Crippen molar-refractivity contribution in [2.24, 2.45) is 4.99 Å². The molecule has 1 rings (SSSR count). The Morgan fingerprint density at radius 2 is 2.05 bits per heavy atom. The van der Waals surface area contributed by atoms with Crippen molar-refractivity contribution in [2.75, 3.05) is 19.6 Å². The number of amidine groups is 1. The molecule has 4 nitrogen and oxygen atoms in total. The predicted molar refractivity (Wildman–Crippen MR) is 93.8 cm³/mol. The summed E-state index contributed by atoms with van der Waals surface area (Å²) >= 11 is 0. The van der Waals surface area contributed by atoms with E-state index in [1.807, 2.05) is 6.08 Å². The van der Waals surface area contributed by atoms with E-state index in [0.29, 0.717) is 0 Å². The van der Waals surface area contributed by atoms with Gasteiger partial charge < -0.3 is 5.32 Å². The molecule has 22 heavy (non-hydrogen) atoms.